The summed E-state index contributed by atoms with van der Waals surface area (Å²) in [6.07, 6.45) is 1.80. The molecule has 0 spiro atoms. The minimum Gasteiger partial charge on any atom is -0.396 e. The van der Waals surface area contributed by atoms with Gasteiger partial charge in [-0.3, -0.25) is 0 Å². The van der Waals surface area contributed by atoms with Crippen LogP contribution in [0.15, 0.2) is 0 Å². The zero-order valence-electron chi connectivity index (χ0n) is 6.88. The third-order valence-corrected chi connectivity index (χ3v) is 2.18. The second-order valence-electron chi connectivity index (χ2n) is 2.84. The summed E-state index contributed by atoms with van der Waals surface area (Å²) >= 11 is 0. The van der Waals surface area contributed by atoms with Crippen molar-refractivity contribution in [1.29, 1.82) is 0 Å². The Bertz CT molecular complexity index is 73.7. The summed E-state index contributed by atoms with van der Waals surface area (Å²) in [5, 5.41) is 17.4. The molecule has 2 N–H and O–H groups in total. The van der Waals surface area contributed by atoms with Crippen LogP contribution in [0.25, 0.3) is 0 Å². The molecule has 2 heteroatoms. The molecule has 0 rings (SSSR count). The predicted octanol–water partition coefficient (Wildman–Crippen LogP) is 1.02. The second kappa shape index (κ2) is 5.69. The highest BCUT2D eigenvalue weighted by Crippen LogP contribution is 2.17. The molecule has 2 nitrogen and oxygen atoms in total. The highest BCUT2D eigenvalue weighted by Gasteiger charge is 2.13. The minimum atomic E-state index is 0.190. The lowest BCUT2D eigenvalue weighted by Gasteiger charge is -2.18. The molecule has 0 amide bonds. The van der Waals surface area contributed by atoms with Crippen LogP contribution < -0.4 is 0 Å². The molecule has 0 heterocycles. The van der Waals surface area contributed by atoms with Crippen LogP contribution in [0.3, 0.4) is 0 Å². The van der Waals surface area contributed by atoms with Crippen LogP contribution >= 0.6 is 0 Å². The van der Waals surface area contributed by atoms with Crippen molar-refractivity contribution in [2.24, 2.45) is 11.8 Å². The van der Waals surface area contributed by atoms with E-state index in [1.165, 1.54) is 0 Å². The molecule has 1 unspecified atom stereocenters. The van der Waals surface area contributed by atoms with Crippen molar-refractivity contribution in [3.63, 3.8) is 0 Å². The average Bonchev–Trinajstić information content (AvgIpc) is 1.99. The molecule has 0 aromatic heterocycles. The van der Waals surface area contributed by atoms with Gasteiger partial charge in [0.25, 0.3) is 0 Å². The van der Waals surface area contributed by atoms with E-state index < -0.39 is 0 Å². The fraction of sp³-hybridized carbons (Fsp3) is 1.00. The van der Waals surface area contributed by atoms with Crippen molar-refractivity contribution < 1.29 is 10.2 Å². The van der Waals surface area contributed by atoms with Crippen molar-refractivity contribution in [2.75, 3.05) is 13.2 Å². The molecule has 0 radical (unpaired) electrons. The SMILES string of the molecule is CC[C@H](C)C(CO)CCO. The third-order valence-electron chi connectivity index (χ3n) is 2.18. The maximum Gasteiger partial charge on any atom is 0.0462 e. The monoisotopic (exact) mass is 146 g/mol. The number of hydrogen-bond acceptors (Lipinski definition) is 2. The Morgan fingerprint density at radius 3 is 2.20 bits per heavy atom. The van der Waals surface area contributed by atoms with Crippen LogP contribution in [-0.2, 0) is 0 Å². The van der Waals surface area contributed by atoms with E-state index in [9.17, 15) is 0 Å². The first-order valence-corrected chi connectivity index (χ1v) is 3.97. The van der Waals surface area contributed by atoms with Crippen LogP contribution in [0.5, 0.6) is 0 Å². The summed E-state index contributed by atoms with van der Waals surface area (Å²) in [5.41, 5.74) is 0. The zero-order valence-corrected chi connectivity index (χ0v) is 6.88. The molecule has 2 atom stereocenters. The third kappa shape index (κ3) is 3.18. The number of hydrogen-bond donors (Lipinski definition) is 2. The molecular formula is C8H18O2. The van der Waals surface area contributed by atoms with Gasteiger partial charge in [0.2, 0.25) is 0 Å². The lowest BCUT2D eigenvalue weighted by molar-refractivity contribution is 0.144. The smallest absolute Gasteiger partial charge is 0.0462 e. The van der Waals surface area contributed by atoms with Gasteiger partial charge in [-0.25, -0.2) is 0 Å². The second-order valence-corrected chi connectivity index (χ2v) is 2.84. The van der Waals surface area contributed by atoms with E-state index in [-0.39, 0.29) is 19.1 Å². The van der Waals surface area contributed by atoms with E-state index in [1.54, 1.807) is 0 Å². The molecule has 62 valence electrons. The van der Waals surface area contributed by atoms with Gasteiger partial charge in [-0.05, 0) is 18.3 Å². The fourth-order valence-corrected chi connectivity index (χ4v) is 1.05. The normalized spacial score (nSPS) is 16.8. The summed E-state index contributed by atoms with van der Waals surface area (Å²) < 4.78 is 0. The Morgan fingerprint density at radius 1 is 1.30 bits per heavy atom. The van der Waals surface area contributed by atoms with Crippen LogP contribution in [0.4, 0.5) is 0 Å². The van der Waals surface area contributed by atoms with Gasteiger partial charge < -0.3 is 10.2 Å². The van der Waals surface area contributed by atoms with Gasteiger partial charge >= 0.3 is 0 Å². The maximum atomic E-state index is 8.85. The fourth-order valence-electron chi connectivity index (χ4n) is 1.05. The molecule has 0 aliphatic carbocycles. The highest BCUT2D eigenvalue weighted by atomic mass is 16.3. The first kappa shape index (κ1) is 9.92. The molecular weight excluding hydrogens is 128 g/mol. The lowest BCUT2D eigenvalue weighted by Crippen LogP contribution is -2.16. The van der Waals surface area contributed by atoms with Gasteiger partial charge in [-0.15, -0.1) is 0 Å². The number of aliphatic hydroxyl groups excluding tert-OH is 2. The molecule has 0 aliphatic rings. The van der Waals surface area contributed by atoms with Crippen LogP contribution in [0, 0.1) is 11.8 Å². The van der Waals surface area contributed by atoms with Crippen molar-refractivity contribution in [3.8, 4) is 0 Å². The molecule has 0 saturated carbocycles. The Hall–Kier alpha value is -0.0800. The first-order chi connectivity index (χ1) is 4.76. The van der Waals surface area contributed by atoms with Crippen molar-refractivity contribution in [3.05, 3.63) is 0 Å². The Balaban J connectivity index is 3.56. The minimum absolute atomic E-state index is 0.190. The summed E-state index contributed by atoms with van der Waals surface area (Å²) in [4.78, 5) is 0. The standard InChI is InChI=1S/C8H18O2/c1-3-7(2)8(6-10)4-5-9/h7-10H,3-6H2,1-2H3/t7-,8?/m0/s1. The van der Waals surface area contributed by atoms with Gasteiger partial charge in [0.1, 0.15) is 0 Å². The zero-order chi connectivity index (χ0) is 7.98. The molecule has 10 heavy (non-hydrogen) atoms. The van der Waals surface area contributed by atoms with Gasteiger partial charge in [0.15, 0.2) is 0 Å². The molecule has 0 bridgehead atoms. The maximum absolute atomic E-state index is 8.85. The van der Waals surface area contributed by atoms with E-state index in [2.05, 4.69) is 13.8 Å². The van der Waals surface area contributed by atoms with E-state index in [1.807, 2.05) is 0 Å². The Morgan fingerprint density at radius 2 is 1.90 bits per heavy atom. The molecule has 0 fully saturated rings. The predicted molar refractivity (Wildman–Crippen MR) is 41.7 cm³/mol. The highest BCUT2D eigenvalue weighted by molar-refractivity contribution is 4.63. The van der Waals surface area contributed by atoms with Crippen LogP contribution in [0.2, 0.25) is 0 Å². The summed E-state index contributed by atoms with van der Waals surface area (Å²) in [7, 11) is 0. The molecule has 0 aliphatic heterocycles. The molecule has 0 aromatic rings. The molecule has 0 aromatic carbocycles. The van der Waals surface area contributed by atoms with E-state index in [0.29, 0.717) is 5.92 Å². The van der Waals surface area contributed by atoms with E-state index in [4.69, 9.17) is 10.2 Å². The van der Waals surface area contributed by atoms with Gasteiger partial charge in [0.05, 0.1) is 0 Å². The van der Waals surface area contributed by atoms with Gasteiger partial charge in [-0.1, -0.05) is 20.3 Å². The number of aliphatic hydroxyl groups is 2. The average molecular weight is 146 g/mol. The van der Waals surface area contributed by atoms with Crippen molar-refractivity contribution in [1.82, 2.24) is 0 Å². The summed E-state index contributed by atoms with van der Waals surface area (Å²) in [6.45, 7) is 4.60. The van der Waals surface area contributed by atoms with Crippen LogP contribution in [0.1, 0.15) is 26.7 Å². The van der Waals surface area contributed by atoms with Crippen molar-refractivity contribution >= 4 is 0 Å². The lowest BCUT2D eigenvalue weighted by atomic mass is 9.90. The quantitative estimate of drug-likeness (QED) is 0.608. The van der Waals surface area contributed by atoms with Gasteiger partial charge in [-0.2, -0.15) is 0 Å². The molecule has 0 saturated heterocycles. The Kier molecular flexibility index (Phi) is 5.64. The first-order valence-electron chi connectivity index (χ1n) is 3.97. The van der Waals surface area contributed by atoms with Crippen LogP contribution in [-0.4, -0.2) is 23.4 Å². The van der Waals surface area contributed by atoms with Crippen molar-refractivity contribution in [2.45, 2.75) is 26.7 Å². The summed E-state index contributed by atoms with van der Waals surface area (Å²) in [5.74, 6) is 0.812. The number of rotatable bonds is 5. The Labute approximate surface area is 62.9 Å². The summed E-state index contributed by atoms with van der Waals surface area (Å²) in [6, 6.07) is 0. The largest absolute Gasteiger partial charge is 0.396 e. The topological polar surface area (TPSA) is 40.5 Å². The van der Waals surface area contributed by atoms with E-state index in [0.717, 1.165) is 12.8 Å². The van der Waals surface area contributed by atoms with E-state index >= 15 is 0 Å². The van der Waals surface area contributed by atoms with Gasteiger partial charge in [0, 0.05) is 13.2 Å².